The van der Waals surface area contributed by atoms with E-state index < -0.39 is 0 Å². The lowest BCUT2D eigenvalue weighted by atomic mass is 10.1. The zero-order valence-corrected chi connectivity index (χ0v) is 19.9. The van der Waals surface area contributed by atoms with E-state index >= 15 is 0 Å². The number of halogens is 1. The number of nitrogens with zero attached hydrogens (tertiary/aromatic N) is 3. The molecule has 3 rings (SSSR count). The van der Waals surface area contributed by atoms with Crippen LogP contribution in [0.2, 0.25) is 0 Å². The van der Waals surface area contributed by atoms with Crippen molar-refractivity contribution in [3.8, 4) is 11.5 Å². The molecular formula is C28H37FN3O. The fraction of sp³-hybridized carbons (Fsp3) is 0.500. The first-order valence-electron chi connectivity index (χ1n) is 12.5. The van der Waals surface area contributed by atoms with Crippen LogP contribution in [0, 0.1) is 5.82 Å². The van der Waals surface area contributed by atoms with Gasteiger partial charge in [0.05, 0.1) is 0 Å². The smallest absolute Gasteiger partial charge is 0.257 e. The Morgan fingerprint density at radius 2 is 1.61 bits per heavy atom. The number of aryl methyl sites for hydroxylation is 1. The van der Waals surface area contributed by atoms with Crippen molar-refractivity contribution in [1.29, 1.82) is 0 Å². The minimum atomic E-state index is -0.163. The molecule has 0 atom stereocenters. The van der Waals surface area contributed by atoms with Gasteiger partial charge in [-0.25, -0.2) is 9.71 Å². The molecule has 0 saturated carbocycles. The predicted octanol–water partition coefficient (Wildman–Crippen LogP) is 7.30. The zero-order valence-electron chi connectivity index (χ0n) is 19.9. The van der Waals surface area contributed by atoms with E-state index in [9.17, 15) is 4.39 Å². The molecule has 0 unspecified atom stereocenters. The monoisotopic (exact) mass is 450 g/mol. The first-order chi connectivity index (χ1) is 16.3. The lowest BCUT2D eigenvalue weighted by Gasteiger charge is -2.05. The summed E-state index contributed by atoms with van der Waals surface area (Å²) in [6.45, 7) is 3.44. The second kappa shape index (κ2) is 14.6. The highest BCUT2D eigenvalue weighted by atomic mass is 19.1. The molecule has 0 aliphatic rings. The predicted molar refractivity (Wildman–Crippen MR) is 131 cm³/mol. The van der Waals surface area contributed by atoms with Crippen LogP contribution in [-0.2, 0) is 19.4 Å². The molecule has 0 N–H and O–H groups in total. The van der Waals surface area contributed by atoms with Crippen molar-refractivity contribution in [2.75, 3.05) is 6.54 Å². The standard InChI is InChI=1S/C28H37FN3O/c1-2-3-4-5-6-7-8-9-10-18-27-31-28(33-32-27)25-16-13-14-23(21-25)22-30-20-19-24-15-11-12-17-26(24)29/h11-17,21H,2-10,18-20,22H2,1H3. The molecule has 5 heteroatoms. The van der Waals surface area contributed by atoms with Crippen molar-refractivity contribution < 1.29 is 8.91 Å². The van der Waals surface area contributed by atoms with E-state index in [1.165, 1.54) is 57.4 Å². The van der Waals surface area contributed by atoms with Gasteiger partial charge in [0.1, 0.15) is 5.82 Å². The van der Waals surface area contributed by atoms with Crippen LogP contribution in [0.25, 0.3) is 11.5 Å². The minimum Gasteiger partial charge on any atom is -0.334 e. The normalized spacial score (nSPS) is 11.2. The average Bonchev–Trinajstić information content (AvgIpc) is 3.31. The van der Waals surface area contributed by atoms with E-state index in [1.54, 1.807) is 6.07 Å². The van der Waals surface area contributed by atoms with Gasteiger partial charge in [-0.1, -0.05) is 93.8 Å². The van der Waals surface area contributed by atoms with Crippen LogP contribution in [0.3, 0.4) is 0 Å². The zero-order chi connectivity index (χ0) is 23.1. The molecule has 177 valence electrons. The fourth-order valence-corrected chi connectivity index (χ4v) is 3.98. The van der Waals surface area contributed by atoms with Crippen molar-refractivity contribution in [1.82, 2.24) is 15.5 Å². The maximum absolute atomic E-state index is 13.7. The summed E-state index contributed by atoms with van der Waals surface area (Å²) in [5.41, 5.74) is 2.71. The maximum atomic E-state index is 13.7. The van der Waals surface area contributed by atoms with E-state index in [0.717, 1.165) is 29.8 Å². The van der Waals surface area contributed by atoms with E-state index in [4.69, 9.17) is 4.52 Å². The van der Waals surface area contributed by atoms with Crippen LogP contribution < -0.4 is 5.32 Å². The summed E-state index contributed by atoms with van der Waals surface area (Å²) in [7, 11) is 0. The molecule has 2 aromatic carbocycles. The topological polar surface area (TPSA) is 53.0 Å². The third kappa shape index (κ3) is 9.09. The minimum absolute atomic E-state index is 0.163. The van der Waals surface area contributed by atoms with E-state index in [-0.39, 0.29) is 5.82 Å². The summed E-state index contributed by atoms with van der Waals surface area (Å²) in [6.07, 6.45) is 13.2. The second-order valence-corrected chi connectivity index (χ2v) is 8.74. The van der Waals surface area contributed by atoms with Crippen LogP contribution in [0.4, 0.5) is 4.39 Å². The van der Waals surface area contributed by atoms with Gasteiger partial charge in [-0.05, 0) is 42.2 Å². The molecule has 0 amide bonds. The van der Waals surface area contributed by atoms with Gasteiger partial charge in [0.2, 0.25) is 0 Å². The Balaban J connectivity index is 1.36. The van der Waals surface area contributed by atoms with Crippen LogP contribution in [0.5, 0.6) is 0 Å². The number of hydrogen-bond donors (Lipinski definition) is 0. The molecule has 33 heavy (non-hydrogen) atoms. The number of benzene rings is 2. The Morgan fingerprint density at radius 3 is 2.39 bits per heavy atom. The maximum Gasteiger partial charge on any atom is 0.257 e. The van der Waals surface area contributed by atoms with Gasteiger partial charge in [-0.2, -0.15) is 4.98 Å². The first kappa shape index (κ1) is 25.1. The van der Waals surface area contributed by atoms with Gasteiger partial charge >= 0.3 is 0 Å². The Kier molecular flexibility index (Phi) is 11.1. The van der Waals surface area contributed by atoms with E-state index in [1.807, 2.05) is 36.4 Å². The van der Waals surface area contributed by atoms with Gasteiger partial charge in [-0.15, -0.1) is 0 Å². The highest BCUT2D eigenvalue weighted by Crippen LogP contribution is 2.20. The first-order valence-corrected chi connectivity index (χ1v) is 12.5. The number of rotatable bonds is 16. The molecule has 1 heterocycles. The molecule has 1 aromatic heterocycles. The second-order valence-electron chi connectivity index (χ2n) is 8.74. The van der Waals surface area contributed by atoms with E-state index in [0.29, 0.717) is 31.0 Å². The Bertz CT molecular complexity index is 940. The van der Waals surface area contributed by atoms with Crippen LogP contribution in [-0.4, -0.2) is 16.7 Å². The van der Waals surface area contributed by atoms with Crippen LogP contribution in [0.1, 0.15) is 81.7 Å². The molecule has 1 radical (unpaired) electrons. The summed E-state index contributed by atoms with van der Waals surface area (Å²) >= 11 is 0. The van der Waals surface area contributed by atoms with Crippen molar-refractivity contribution in [2.45, 2.75) is 84.1 Å². The van der Waals surface area contributed by atoms with Gasteiger partial charge in [0.15, 0.2) is 5.82 Å². The molecule has 0 aliphatic heterocycles. The molecule has 0 bridgehead atoms. The third-order valence-electron chi connectivity index (χ3n) is 5.94. The Morgan fingerprint density at radius 1 is 0.848 bits per heavy atom. The molecule has 0 spiro atoms. The molecule has 3 aromatic rings. The number of aromatic nitrogens is 2. The summed E-state index contributed by atoms with van der Waals surface area (Å²) in [5, 5.41) is 8.73. The largest absolute Gasteiger partial charge is 0.334 e. The summed E-state index contributed by atoms with van der Waals surface area (Å²) in [5.74, 6) is 1.19. The van der Waals surface area contributed by atoms with Crippen molar-refractivity contribution in [2.24, 2.45) is 0 Å². The molecular weight excluding hydrogens is 413 g/mol. The van der Waals surface area contributed by atoms with E-state index in [2.05, 4.69) is 22.4 Å². The van der Waals surface area contributed by atoms with Gasteiger partial charge in [0.25, 0.3) is 5.89 Å². The summed E-state index contributed by atoms with van der Waals surface area (Å²) in [6, 6.07) is 14.9. The molecule has 0 aliphatic carbocycles. The SMILES string of the molecule is CCCCCCCCCCCc1noc(-c2cccc(C[N]CCc3ccccc3F)c2)n1. The average molecular weight is 451 g/mol. The fourth-order valence-electron chi connectivity index (χ4n) is 3.98. The van der Waals surface area contributed by atoms with Crippen LogP contribution >= 0.6 is 0 Å². The van der Waals surface area contributed by atoms with Crippen molar-refractivity contribution in [3.63, 3.8) is 0 Å². The number of hydrogen-bond acceptors (Lipinski definition) is 3. The Hall–Kier alpha value is -2.53. The quantitative estimate of drug-likeness (QED) is 0.215. The molecule has 0 saturated heterocycles. The van der Waals surface area contributed by atoms with Gasteiger partial charge in [0, 0.05) is 25.1 Å². The lowest BCUT2D eigenvalue weighted by molar-refractivity contribution is 0.420. The van der Waals surface area contributed by atoms with Gasteiger partial charge in [-0.3, -0.25) is 0 Å². The van der Waals surface area contributed by atoms with Crippen LogP contribution in [0.15, 0.2) is 53.1 Å². The highest BCUT2D eigenvalue weighted by molar-refractivity contribution is 5.54. The summed E-state index contributed by atoms with van der Waals surface area (Å²) in [4.78, 5) is 4.59. The number of unbranched alkanes of at least 4 members (excludes halogenated alkanes) is 8. The van der Waals surface area contributed by atoms with Crippen molar-refractivity contribution >= 4 is 0 Å². The Labute approximate surface area is 198 Å². The highest BCUT2D eigenvalue weighted by Gasteiger charge is 2.09. The summed E-state index contributed by atoms with van der Waals surface area (Å²) < 4.78 is 19.2. The lowest BCUT2D eigenvalue weighted by Crippen LogP contribution is -2.10. The van der Waals surface area contributed by atoms with Crippen molar-refractivity contribution in [3.05, 3.63) is 71.3 Å². The molecule has 0 fully saturated rings. The molecule has 4 nitrogen and oxygen atoms in total. The third-order valence-corrected chi connectivity index (χ3v) is 5.94. The van der Waals surface area contributed by atoms with Gasteiger partial charge < -0.3 is 4.52 Å².